The molecule has 8 heterocycles. The summed E-state index contributed by atoms with van der Waals surface area (Å²) in [5, 5.41) is 33.5. The van der Waals surface area contributed by atoms with Crippen molar-refractivity contribution in [2.24, 2.45) is 0 Å². The van der Waals surface area contributed by atoms with Crippen molar-refractivity contribution < 1.29 is 95.5 Å². The summed E-state index contributed by atoms with van der Waals surface area (Å²) in [6.45, 7) is 2.96. The first kappa shape index (κ1) is 77.6. The molecule has 2 N–H and O–H groups in total. The molecule has 3 unspecified atom stereocenters. The number of halogens is 2. The lowest BCUT2D eigenvalue weighted by molar-refractivity contribution is -0.136. The molecule has 27 heteroatoms. The summed E-state index contributed by atoms with van der Waals surface area (Å²) in [5.41, 5.74) is 15.9. The molecule has 18 rings (SSSR count). The number of aromatic nitrogens is 4. The molecule has 0 saturated carbocycles. The van der Waals surface area contributed by atoms with Crippen molar-refractivity contribution in [1.29, 1.82) is 5.26 Å². The van der Waals surface area contributed by atoms with Gasteiger partial charge in [-0.25, -0.2) is 4.79 Å². The molecule has 2 aliphatic carbocycles. The van der Waals surface area contributed by atoms with Gasteiger partial charge in [0.25, 0.3) is 0 Å². The SMILES string of the molecule is CCOC(=O)/C(=C/c1ccnc2cc3c(cc12)OCO3)c1cc(OC)c(OC)cc1I.COc1cc(I)c(C(CO)Cc2ccnc3cc4c(cc23)OCO4)cc1OC.COc1cc2c(cc1OC)C(CC#N)Cc1c-2cnc2cc3c(cc12)OCO3.COc1cc2c(cc1OC)C(CO)Cc1c-2cnc2cc3c(cc12)OCO3. The monoisotopic (exact) mass is 1770 g/mol. The number of rotatable bonds is 18. The second-order valence-corrected chi connectivity index (χ2v) is 29.1. The van der Waals surface area contributed by atoms with Crippen LogP contribution in [0.25, 0.3) is 77.5 Å². The molecule has 0 spiro atoms. The summed E-state index contributed by atoms with van der Waals surface area (Å²) in [7, 11) is 12.8. The van der Waals surface area contributed by atoms with Crippen LogP contribution in [0.1, 0.15) is 75.6 Å². The van der Waals surface area contributed by atoms with E-state index in [0.717, 1.165) is 142 Å². The summed E-state index contributed by atoms with van der Waals surface area (Å²) in [6.07, 6.45) is 11.6. The minimum Gasteiger partial charge on any atom is -0.493 e. The number of hydrogen-bond donors (Lipinski definition) is 2. The Morgan fingerprint density at radius 1 is 0.491 bits per heavy atom. The number of methoxy groups -OCH3 is 8. The molecule has 12 aromatic rings. The maximum Gasteiger partial charge on any atom is 0.338 e. The molecule has 8 aromatic carbocycles. The molecule has 0 amide bonds. The molecule has 0 bridgehead atoms. The minimum atomic E-state index is -0.432. The number of pyridine rings is 4. The number of carbonyl (C=O) groups is 1. The fourth-order valence-electron chi connectivity index (χ4n) is 15.1. The number of ether oxygens (including phenoxy) is 17. The third-order valence-electron chi connectivity index (χ3n) is 20.8. The smallest absolute Gasteiger partial charge is 0.338 e. The number of aliphatic hydroxyl groups excluding tert-OH is 2. The highest BCUT2D eigenvalue weighted by atomic mass is 127. The summed E-state index contributed by atoms with van der Waals surface area (Å²) in [6, 6.07) is 36.9. The van der Waals surface area contributed by atoms with Gasteiger partial charge in [-0.05, 0) is 212 Å². The van der Waals surface area contributed by atoms with Crippen LogP contribution in [0, 0.1) is 18.5 Å². The topological polar surface area (TPSA) is 290 Å². The fourth-order valence-corrected chi connectivity index (χ4v) is 16.7. The van der Waals surface area contributed by atoms with E-state index in [2.05, 4.69) is 71.2 Å². The molecule has 4 aliphatic heterocycles. The summed E-state index contributed by atoms with van der Waals surface area (Å²) in [5.74, 6) is 10.3. The number of nitriles is 1. The lowest BCUT2D eigenvalue weighted by atomic mass is 9.76. The highest BCUT2D eigenvalue weighted by Gasteiger charge is 2.33. The summed E-state index contributed by atoms with van der Waals surface area (Å²) < 4.78 is 94.8. The van der Waals surface area contributed by atoms with Gasteiger partial charge in [0.15, 0.2) is 92.0 Å². The zero-order valence-corrected chi connectivity index (χ0v) is 67.8. The molecule has 0 radical (unpaired) electrons. The van der Waals surface area contributed by atoms with E-state index in [4.69, 9.17) is 80.5 Å². The second kappa shape index (κ2) is 33.9. The van der Waals surface area contributed by atoms with E-state index in [9.17, 15) is 20.3 Å². The van der Waals surface area contributed by atoms with E-state index in [1.165, 1.54) is 5.56 Å². The number of carbonyl (C=O) groups excluding carboxylic acids is 1. The Morgan fingerprint density at radius 3 is 1.37 bits per heavy atom. The van der Waals surface area contributed by atoms with Crippen molar-refractivity contribution >= 4 is 106 Å². The molecule has 0 fully saturated rings. The Kier molecular flexibility index (Phi) is 23.1. The first-order valence-electron chi connectivity index (χ1n) is 36.3. The fraction of sp³-hybridized carbons (Fsp3) is 0.264. The van der Waals surface area contributed by atoms with Crippen LogP contribution < -0.4 is 75.8 Å². The van der Waals surface area contributed by atoms with Crippen LogP contribution in [0.2, 0.25) is 0 Å². The average Bonchev–Trinajstić information content (AvgIpc) is 1.01. The molecule has 6 aliphatic rings. The largest absolute Gasteiger partial charge is 0.493 e. The maximum atomic E-state index is 13.0. The Labute approximate surface area is 682 Å². The van der Waals surface area contributed by atoms with Gasteiger partial charge in [0.1, 0.15) is 0 Å². The lowest BCUT2D eigenvalue weighted by Gasteiger charge is -2.28. The molecule has 4 aromatic heterocycles. The van der Waals surface area contributed by atoms with E-state index < -0.39 is 5.97 Å². The maximum absolute atomic E-state index is 13.0. The molecule has 0 saturated heterocycles. The third-order valence-corrected chi connectivity index (χ3v) is 22.6. The van der Waals surface area contributed by atoms with Crippen LogP contribution in [0.5, 0.6) is 92.0 Å². The summed E-state index contributed by atoms with van der Waals surface area (Å²) in [4.78, 5) is 31.2. The predicted molar refractivity (Wildman–Crippen MR) is 441 cm³/mol. The zero-order chi connectivity index (χ0) is 79.4. The number of nitrogens with zero attached hydrogens (tertiary/aromatic N) is 5. The minimum absolute atomic E-state index is 0.0137. The van der Waals surface area contributed by atoms with Crippen molar-refractivity contribution in [3.8, 4) is 120 Å². The number of benzene rings is 8. The zero-order valence-electron chi connectivity index (χ0n) is 63.5. The number of aliphatic hydroxyl groups is 2. The Balaban J connectivity index is 0.000000120. The van der Waals surface area contributed by atoms with Gasteiger partial charge >= 0.3 is 5.97 Å². The predicted octanol–water partition coefficient (Wildman–Crippen LogP) is 16.1. The molecule has 25 nitrogen and oxygen atoms in total. The van der Waals surface area contributed by atoms with Crippen LogP contribution in [-0.2, 0) is 28.8 Å². The van der Waals surface area contributed by atoms with E-state index in [1.54, 1.807) is 88.3 Å². The Morgan fingerprint density at radius 2 is 0.895 bits per heavy atom. The molecule has 584 valence electrons. The number of esters is 1. The van der Waals surface area contributed by atoms with Crippen molar-refractivity contribution in [2.75, 3.05) is 104 Å². The van der Waals surface area contributed by atoms with Crippen LogP contribution in [0.4, 0.5) is 0 Å². The van der Waals surface area contributed by atoms with Crippen molar-refractivity contribution in [1.82, 2.24) is 19.9 Å². The lowest BCUT2D eigenvalue weighted by Crippen LogP contribution is -2.16. The van der Waals surface area contributed by atoms with Gasteiger partial charge in [0, 0.05) is 119 Å². The van der Waals surface area contributed by atoms with Crippen LogP contribution in [0.15, 0.2) is 134 Å². The van der Waals surface area contributed by atoms with Gasteiger partial charge in [0.2, 0.25) is 27.2 Å². The highest BCUT2D eigenvalue weighted by molar-refractivity contribution is 14.1. The van der Waals surface area contributed by atoms with Crippen molar-refractivity contribution in [3.05, 3.63) is 186 Å². The van der Waals surface area contributed by atoms with Gasteiger partial charge in [0.05, 0.1) is 110 Å². The van der Waals surface area contributed by atoms with E-state index in [-0.39, 0.29) is 64.7 Å². The van der Waals surface area contributed by atoms with E-state index in [1.807, 2.05) is 116 Å². The first-order chi connectivity index (χ1) is 55.6. The standard InChI is InChI=1S/C23H20INO6.C22H18N2O4.C21H20INO5.C21H19NO5/c1-4-29-23(26)16(15-9-19(27-2)20(28-3)10-17(15)24)7-13-5-6-25-18-11-22-21(8-14(13)18)30-12-31-22;1-25-19-6-13-12(3-4-23)5-14-16-8-21-22(28-11-27-21)9-18(16)24-10-17(14)15(13)7-20(19)26-2;1-25-18-6-14(16(22)8-19(18)26-2)13(10-24)5-12-3-4-23-17-9-21-20(7-15(12)17)27-11-28-21;1-24-18-4-12-11(9-23)3-13-15-6-20-21(27-10-26-20)7-17(15)22-8-16(13)14(12)5-19(18)25-2/h5-11H,4,12H2,1-3H3;6-10,12H,3,5,11H2,1-2H3;3-4,6-9,13,24H,5,10-11H2,1-2H3;4-8,11,23H,3,9-10H2,1-2H3/b16-7+;;;. The highest BCUT2D eigenvalue weighted by Crippen LogP contribution is 2.52. The van der Waals surface area contributed by atoms with Gasteiger partial charge in [-0.1, -0.05) is 0 Å². The number of fused-ring (bicyclic) bond motifs is 16. The quantitative estimate of drug-likeness (QED) is 0.0458. The van der Waals surface area contributed by atoms with Crippen molar-refractivity contribution in [2.45, 2.75) is 50.4 Å². The van der Waals surface area contributed by atoms with E-state index in [0.29, 0.717) is 93.6 Å². The van der Waals surface area contributed by atoms with Crippen LogP contribution >= 0.6 is 45.2 Å². The molecule has 3 atom stereocenters. The Hall–Kier alpha value is -11.7. The second-order valence-electron chi connectivity index (χ2n) is 26.8. The van der Waals surface area contributed by atoms with Gasteiger partial charge in [-0.15, -0.1) is 0 Å². The van der Waals surface area contributed by atoms with Crippen LogP contribution in [0.3, 0.4) is 0 Å². The van der Waals surface area contributed by atoms with E-state index >= 15 is 0 Å². The summed E-state index contributed by atoms with van der Waals surface area (Å²) >= 11 is 4.44. The molecule has 114 heavy (non-hydrogen) atoms. The van der Waals surface area contributed by atoms with Crippen molar-refractivity contribution in [3.63, 3.8) is 0 Å². The van der Waals surface area contributed by atoms with Gasteiger partial charge < -0.3 is 90.7 Å². The van der Waals surface area contributed by atoms with Gasteiger partial charge in [-0.3, -0.25) is 19.9 Å². The average molecular weight is 1770 g/mol. The van der Waals surface area contributed by atoms with Crippen LogP contribution in [-0.4, -0.2) is 140 Å². The Bertz CT molecular complexity index is 5840. The molecular formula is C87H77I2N5O20. The van der Waals surface area contributed by atoms with Gasteiger partial charge in [-0.2, -0.15) is 5.26 Å². The normalized spacial score (nSPS) is 14.8. The first-order valence-corrected chi connectivity index (χ1v) is 38.4. The number of hydrogen-bond acceptors (Lipinski definition) is 25. The third kappa shape index (κ3) is 15.0. The molecular weight excluding hydrogens is 1690 g/mol.